The summed E-state index contributed by atoms with van der Waals surface area (Å²) < 4.78 is 24.2. The number of amides is 1. The molecule has 0 radical (unpaired) electrons. The standard InChI is InChI=1S/C18H20FN3O4S/c1-2-25-17(24)12-6-5-9-22(10-12)15(23)11-27-18-21-20-16(26-18)13-7-3-4-8-14(13)19/h3-4,7-8,12H,2,5-6,9-11H2,1H3/t12-/m1/s1. The van der Waals surface area contributed by atoms with Gasteiger partial charge in [0.2, 0.25) is 5.91 Å². The Morgan fingerprint density at radius 2 is 2.19 bits per heavy atom. The summed E-state index contributed by atoms with van der Waals surface area (Å²) in [5, 5.41) is 7.88. The van der Waals surface area contributed by atoms with Crippen molar-refractivity contribution >= 4 is 23.6 Å². The molecular weight excluding hydrogens is 373 g/mol. The van der Waals surface area contributed by atoms with Gasteiger partial charge in [-0.05, 0) is 31.9 Å². The van der Waals surface area contributed by atoms with Crippen LogP contribution in [0.2, 0.25) is 0 Å². The van der Waals surface area contributed by atoms with E-state index in [0.717, 1.165) is 24.6 Å². The number of likely N-dealkylation sites (tertiary alicyclic amines) is 1. The van der Waals surface area contributed by atoms with Gasteiger partial charge in [0, 0.05) is 13.1 Å². The van der Waals surface area contributed by atoms with E-state index in [9.17, 15) is 14.0 Å². The molecule has 1 aliphatic heterocycles. The molecule has 2 aromatic rings. The number of rotatable bonds is 6. The van der Waals surface area contributed by atoms with E-state index in [2.05, 4.69) is 10.2 Å². The molecule has 0 unspecified atom stereocenters. The minimum atomic E-state index is -0.452. The van der Waals surface area contributed by atoms with E-state index in [1.165, 1.54) is 6.07 Å². The molecule has 1 aliphatic rings. The van der Waals surface area contributed by atoms with Gasteiger partial charge in [-0.25, -0.2) is 4.39 Å². The highest BCUT2D eigenvalue weighted by atomic mass is 32.2. The highest BCUT2D eigenvalue weighted by Gasteiger charge is 2.29. The molecule has 0 aliphatic carbocycles. The number of hydrogen-bond donors (Lipinski definition) is 0. The lowest BCUT2D eigenvalue weighted by molar-refractivity contribution is -0.151. The molecule has 144 valence electrons. The van der Waals surface area contributed by atoms with E-state index >= 15 is 0 Å². The van der Waals surface area contributed by atoms with Crippen LogP contribution in [0.5, 0.6) is 0 Å². The third kappa shape index (κ3) is 4.85. The number of carbonyl (C=O) groups excluding carboxylic acids is 2. The van der Waals surface area contributed by atoms with Crippen molar-refractivity contribution in [2.45, 2.75) is 25.0 Å². The number of aromatic nitrogens is 2. The molecular formula is C18H20FN3O4S. The Labute approximate surface area is 160 Å². The maximum Gasteiger partial charge on any atom is 0.310 e. The largest absolute Gasteiger partial charge is 0.466 e. The van der Waals surface area contributed by atoms with Gasteiger partial charge in [-0.3, -0.25) is 9.59 Å². The Bertz CT molecular complexity index is 813. The first-order chi connectivity index (χ1) is 13.1. The average Bonchev–Trinajstić information content (AvgIpc) is 3.15. The summed E-state index contributed by atoms with van der Waals surface area (Å²) in [5.41, 5.74) is 0.219. The zero-order valence-corrected chi connectivity index (χ0v) is 15.7. The number of thioether (sulfide) groups is 1. The lowest BCUT2D eigenvalue weighted by Crippen LogP contribution is -2.43. The van der Waals surface area contributed by atoms with Gasteiger partial charge in [-0.2, -0.15) is 0 Å². The molecule has 0 N–H and O–H groups in total. The first-order valence-corrected chi connectivity index (χ1v) is 9.72. The second kappa shape index (κ2) is 8.98. The zero-order chi connectivity index (χ0) is 19.2. The fraction of sp³-hybridized carbons (Fsp3) is 0.444. The lowest BCUT2D eigenvalue weighted by Gasteiger charge is -2.31. The van der Waals surface area contributed by atoms with Crippen LogP contribution in [0, 0.1) is 11.7 Å². The predicted octanol–water partition coefficient (Wildman–Crippen LogP) is 2.77. The lowest BCUT2D eigenvalue weighted by atomic mass is 9.98. The van der Waals surface area contributed by atoms with Crippen LogP contribution in [0.15, 0.2) is 33.9 Å². The number of halogens is 1. The molecule has 0 spiro atoms. The van der Waals surface area contributed by atoms with Crippen LogP contribution in [0.4, 0.5) is 4.39 Å². The Kier molecular flexibility index (Phi) is 6.44. The van der Waals surface area contributed by atoms with Crippen molar-refractivity contribution in [3.8, 4) is 11.5 Å². The van der Waals surface area contributed by atoms with Gasteiger partial charge in [0.1, 0.15) is 5.82 Å². The van der Waals surface area contributed by atoms with E-state index in [4.69, 9.17) is 9.15 Å². The topological polar surface area (TPSA) is 85.5 Å². The number of ether oxygens (including phenoxy) is 1. The van der Waals surface area contributed by atoms with Gasteiger partial charge in [0.15, 0.2) is 0 Å². The molecule has 9 heteroatoms. The Morgan fingerprint density at radius 3 is 2.96 bits per heavy atom. The molecule has 27 heavy (non-hydrogen) atoms. The van der Waals surface area contributed by atoms with Crippen LogP contribution in [0.1, 0.15) is 19.8 Å². The highest BCUT2D eigenvalue weighted by molar-refractivity contribution is 7.99. The van der Waals surface area contributed by atoms with Crippen molar-refractivity contribution in [1.29, 1.82) is 0 Å². The summed E-state index contributed by atoms with van der Waals surface area (Å²) in [4.78, 5) is 26.0. The Morgan fingerprint density at radius 1 is 1.37 bits per heavy atom. The van der Waals surface area contributed by atoms with Gasteiger partial charge < -0.3 is 14.1 Å². The minimum absolute atomic E-state index is 0.0726. The highest BCUT2D eigenvalue weighted by Crippen LogP contribution is 2.26. The van der Waals surface area contributed by atoms with Crippen molar-refractivity contribution in [2.75, 3.05) is 25.4 Å². The summed E-state index contributed by atoms with van der Waals surface area (Å²) in [5.74, 6) is -0.915. The fourth-order valence-electron chi connectivity index (χ4n) is 2.88. The second-order valence-electron chi connectivity index (χ2n) is 6.07. The van der Waals surface area contributed by atoms with E-state index in [1.807, 2.05) is 0 Å². The van der Waals surface area contributed by atoms with Gasteiger partial charge in [0.05, 0.1) is 23.8 Å². The van der Waals surface area contributed by atoms with Crippen LogP contribution >= 0.6 is 11.8 Å². The molecule has 2 heterocycles. The second-order valence-corrected chi connectivity index (χ2v) is 7.00. The predicted molar refractivity (Wildman–Crippen MR) is 96.4 cm³/mol. The van der Waals surface area contributed by atoms with Gasteiger partial charge in [-0.1, -0.05) is 23.9 Å². The molecule has 1 fully saturated rings. The molecule has 1 aromatic heterocycles. The Balaban J connectivity index is 1.55. The average molecular weight is 393 g/mol. The molecule has 0 saturated carbocycles. The minimum Gasteiger partial charge on any atom is -0.466 e. The molecule has 1 aromatic carbocycles. The number of esters is 1. The third-order valence-corrected chi connectivity index (χ3v) is 5.03. The van der Waals surface area contributed by atoms with Crippen molar-refractivity contribution < 1.29 is 23.1 Å². The van der Waals surface area contributed by atoms with Crippen molar-refractivity contribution in [3.63, 3.8) is 0 Å². The number of carbonyl (C=O) groups is 2. The summed E-state index contributed by atoms with van der Waals surface area (Å²) >= 11 is 1.09. The molecule has 0 bridgehead atoms. The van der Waals surface area contributed by atoms with Gasteiger partial charge in [0.25, 0.3) is 11.1 Å². The molecule has 3 rings (SSSR count). The number of hydrogen-bond acceptors (Lipinski definition) is 7. The van der Waals surface area contributed by atoms with Gasteiger partial charge in [-0.15, -0.1) is 10.2 Å². The third-order valence-electron chi connectivity index (χ3n) is 4.22. The SMILES string of the molecule is CCOC(=O)[C@@H]1CCCN(C(=O)CSc2nnc(-c3ccccc3F)o2)C1. The first kappa shape index (κ1) is 19.3. The summed E-state index contributed by atoms with van der Waals surface area (Å²) in [6.45, 7) is 3.07. The Hall–Kier alpha value is -2.42. The summed E-state index contributed by atoms with van der Waals surface area (Å²) in [6.07, 6.45) is 1.49. The molecule has 1 saturated heterocycles. The van der Waals surface area contributed by atoms with Crippen LogP contribution < -0.4 is 0 Å². The van der Waals surface area contributed by atoms with Crippen molar-refractivity contribution in [1.82, 2.24) is 15.1 Å². The van der Waals surface area contributed by atoms with Crippen molar-refractivity contribution in [2.24, 2.45) is 5.92 Å². The molecule has 7 nitrogen and oxygen atoms in total. The smallest absolute Gasteiger partial charge is 0.310 e. The summed E-state index contributed by atoms with van der Waals surface area (Å²) in [6, 6.07) is 6.11. The first-order valence-electron chi connectivity index (χ1n) is 8.74. The van der Waals surface area contributed by atoms with E-state index in [1.54, 1.807) is 30.0 Å². The van der Waals surface area contributed by atoms with E-state index in [0.29, 0.717) is 19.7 Å². The summed E-state index contributed by atoms with van der Waals surface area (Å²) in [7, 11) is 0. The van der Waals surface area contributed by atoms with Crippen LogP contribution in [-0.2, 0) is 14.3 Å². The molecule has 1 amide bonds. The monoisotopic (exact) mass is 393 g/mol. The zero-order valence-electron chi connectivity index (χ0n) is 14.9. The van der Waals surface area contributed by atoms with Gasteiger partial charge >= 0.3 is 5.97 Å². The van der Waals surface area contributed by atoms with Crippen LogP contribution in [-0.4, -0.2) is 52.4 Å². The number of nitrogens with zero attached hydrogens (tertiary/aromatic N) is 3. The fourth-order valence-corrected chi connectivity index (χ4v) is 3.55. The quantitative estimate of drug-likeness (QED) is 0.551. The molecule has 1 atom stereocenters. The number of piperidine rings is 1. The maximum absolute atomic E-state index is 13.8. The number of benzene rings is 1. The van der Waals surface area contributed by atoms with Crippen LogP contribution in [0.3, 0.4) is 0 Å². The van der Waals surface area contributed by atoms with Crippen LogP contribution in [0.25, 0.3) is 11.5 Å². The van der Waals surface area contributed by atoms with E-state index < -0.39 is 5.82 Å². The maximum atomic E-state index is 13.8. The normalized spacial score (nSPS) is 17.0. The van der Waals surface area contributed by atoms with Crippen molar-refractivity contribution in [3.05, 3.63) is 30.1 Å². The van der Waals surface area contributed by atoms with E-state index in [-0.39, 0.29) is 40.2 Å².